The third kappa shape index (κ3) is 8.86. The van der Waals surface area contributed by atoms with Crippen LogP contribution in [0.15, 0.2) is 48.5 Å². The highest BCUT2D eigenvalue weighted by Crippen LogP contribution is 2.31. The lowest BCUT2D eigenvalue weighted by molar-refractivity contribution is 0.0884. The van der Waals surface area contributed by atoms with Gasteiger partial charge in [0, 0.05) is 0 Å². The zero-order valence-corrected chi connectivity index (χ0v) is 20.3. The summed E-state index contributed by atoms with van der Waals surface area (Å²) < 4.78 is 12.5. The summed E-state index contributed by atoms with van der Waals surface area (Å²) in [5.41, 5.74) is 1.13. The van der Waals surface area contributed by atoms with Gasteiger partial charge in [0.05, 0.1) is 15.2 Å². The lowest BCUT2D eigenvalue weighted by Crippen LogP contribution is -2.28. The Labute approximate surface area is 182 Å². The van der Waals surface area contributed by atoms with Crippen LogP contribution >= 0.6 is 11.3 Å². The number of aryl methyl sites for hydroxylation is 1. The summed E-state index contributed by atoms with van der Waals surface area (Å²) in [6.45, 7) is 16.9. The maximum atomic E-state index is 5.66. The molecular weight excluding hydrogens is 378 g/mol. The molecule has 0 radical (unpaired) electrons. The molecule has 0 amide bonds. The van der Waals surface area contributed by atoms with Gasteiger partial charge in [-0.3, -0.25) is 0 Å². The van der Waals surface area contributed by atoms with E-state index in [9.17, 15) is 0 Å². The van der Waals surface area contributed by atoms with Gasteiger partial charge in [0.15, 0.2) is 11.5 Å². The van der Waals surface area contributed by atoms with Crippen molar-refractivity contribution >= 4 is 21.6 Å². The minimum atomic E-state index is 0.222. The number of hydrogen-bond donors (Lipinski definition) is 0. The van der Waals surface area contributed by atoms with Crippen LogP contribution in [0, 0.1) is 0 Å². The molecule has 29 heavy (non-hydrogen) atoms. The van der Waals surface area contributed by atoms with E-state index in [0.29, 0.717) is 6.61 Å². The maximum absolute atomic E-state index is 5.66. The quantitative estimate of drug-likeness (QED) is 0.421. The SMILES string of the molecule is CC.CC.CC.CCC1COc2ccccc2O1.CCc1nc2ccccc2s1. The number of benzene rings is 2. The van der Waals surface area contributed by atoms with Gasteiger partial charge in [-0.2, -0.15) is 0 Å². The van der Waals surface area contributed by atoms with E-state index in [1.165, 1.54) is 9.71 Å². The van der Waals surface area contributed by atoms with Gasteiger partial charge in [-0.15, -0.1) is 11.3 Å². The summed E-state index contributed by atoms with van der Waals surface area (Å²) in [5, 5.41) is 1.23. The third-order valence-electron chi connectivity index (χ3n) is 3.66. The molecule has 0 saturated carbocycles. The Bertz CT molecular complexity index is 737. The van der Waals surface area contributed by atoms with Crippen molar-refractivity contribution in [2.75, 3.05) is 6.61 Å². The number of aromatic nitrogens is 1. The molecule has 2 aromatic carbocycles. The Balaban J connectivity index is 0.000000432. The fourth-order valence-electron chi connectivity index (χ4n) is 2.34. The predicted molar refractivity (Wildman–Crippen MR) is 130 cm³/mol. The van der Waals surface area contributed by atoms with Crippen LogP contribution in [0.5, 0.6) is 11.5 Å². The molecule has 0 fully saturated rings. The van der Waals surface area contributed by atoms with E-state index in [4.69, 9.17) is 9.47 Å². The first kappa shape index (κ1) is 26.9. The molecular formula is C25H39NO2S. The van der Waals surface area contributed by atoms with Crippen LogP contribution in [0.3, 0.4) is 0 Å². The van der Waals surface area contributed by atoms with Crippen molar-refractivity contribution in [3.63, 3.8) is 0 Å². The minimum absolute atomic E-state index is 0.222. The molecule has 3 aromatic rings. The van der Waals surface area contributed by atoms with Crippen molar-refractivity contribution in [3.8, 4) is 11.5 Å². The average Bonchev–Trinajstić information content (AvgIpc) is 3.26. The van der Waals surface area contributed by atoms with Crippen molar-refractivity contribution in [3.05, 3.63) is 53.5 Å². The molecule has 4 rings (SSSR count). The van der Waals surface area contributed by atoms with Crippen LogP contribution in [-0.2, 0) is 6.42 Å². The number of hydrogen-bond acceptors (Lipinski definition) is 4. The van der Waals surface area contributed by atoms with Gasteiger partial charge in [-0.25, -0.2) is 4.98 Å². The van der Waals surface area contributed by atoms with Crippen molar-refractivity contribution in [1.29, 1.82) is 0 Å². The molecule has 1 aliphatic rings. The number of nitrogens with zero attached hydrogens (tertiary/aromatic N) is 1. The Kier molecular flexibility index (Phi) is 15.6. The molecule has 1 atom stereocenters. The highest BCUT2D eigenvalue weighted by molar-refractivity contribution is 7.18. The van der Waals surface area contributed by atoms with E-state index in [2.05, 4.69) is 37.0 Å². The first-order valence-corrected chi connectivity index (χ1v) is 11.8. The van der Waals surface area contributed by atoms with Crippen LogP contribution in [-0.4, -0.2) is 17.7 Å². The second-order valence-corrected chi connectivity index (χ2v) is 6.45. The normalized spacial score (nSPS) is 13.2. The molecule has 0 aliphatic carbocycles. The summed E-state index contributed by atoms with van der Waals surface area (Å²) in [5.74, 6) is 1.73. The first-order valence-electron chi connectivity index (χ1n) is 11.0. The molecule has 0 bridgehead atoms. The molecule has 2 heterocycles. The fraction of sp³-hybridized carbons (Fsp3) is 0.480. The molecule has 1 unspecified atom stereocenters. The van der Waals surface area contributed by atoms with E-state index in [1.54, 1.807) is 11.3 Å². The zero-order valence-electron chi connectivity index (χ0n) is 19.5. The fourth-order valence-corrected chi connectivity index (χ4v) is 3.24. The van der Waals surface area contributed by atoms with Crippen molar-refractivity contribution in [2.45, 2.75) is 74.3 Å². The van der Waals surface area contributed by atoms with E-state index in [1.807, 2.05) is 71.9 Å². The highest BCUT2D eigenvalue weighted by atomic mass is 32.1. The molecule has 0 saturated heterocycles. The smallest absolute Gasteiger partial charge is 0.161 e. The van der Waals surface area contributed by atoms with Crippen molar-refractivity contribution in [2.24, 2.45) is 0 Å². The first-order chi connectivity index (χ1) is 14.3. The molecule has 1 aromatic heterocycles. The van der Waals surface area contributed by atoms with Gasteiger partial charge in [0.1, 0.15) is 12.7 Å². The highest BCUT2D eigenvalue weighted by Gasteiger charge is 2.17. The van der Waals surface area contributed by atoms with Gasteiger partial charge in [0.2, 0.25) is 0 Å². The van der Waals surface area contributed by atoms with Crippen LogP contribution in [0.2, 0.25) is 0 Å². The van der Waals surface area contributed by atoms with Crippen LogP contribution < -0.4 is 9.47 Å². The van der Waals surface area contributed by atoms with E-state index in [0.717, 1.165) is 29.9 Å². The van der Waals surface area contributed by atoms with Crippen LogP contribution in [0.1, 0.15) is 66.8 Å². The van der Waals surface area contributed by atoms with Crippen LogP contribution in [0.4, 0.5) is 0 Å². The number of rotatable bonds is 2. The second kappa shape index (κ2) is 16.8. The summed E-state index contributed by atoms with van der Waals surface area (Å²) in [7, 11) is 0. The largest absolute Gasteiger partial charge is 0.486 e. The molecule has 162 valence electrons. The number of ether oxygens (including phenoxy) is 2. The topological polar surface area (TPSA) is 31.4 Å². The Morgan fingerprint density at radius 2 is 1.45 bits per heavy atom. The summed E-state index contributed by atoms with van der Waals surface area (Å²) in [6, 6.07) is 16.0. The standard InChI is InChI=1S/C10H12O2.C9H9NS.3C2H6/c1-2-8-7-11-9-5-3-4-6-10(9)12-8;1-2-9-10-7-5-3-4-6-8(7)11-9;3*1-2/h3-6,8H,2,7H2,1H3;3-6H,2H2,1H3;3*1-2H3. The van der Waals surface area contributed by atoms with E-state index in [-0.39, 0.29) is 6.10 Å². The number of fused-ring (bicyclic) bond motifs is 2. The van der Waals surface area contributed by atoms with E-state index < -0.39 is 0 Å². The monoisotopic (exact) mass is 417 g/mol. The Morgan fingerprint density at radius 3 is 2.03 bits per heavy atom. The number of thiazole rings is 1. The predicted octanol–water partition coefficient (Wildman–Crippen LogP) is 8.17. The van der Waals surface area contributed by atoms with Gasteiger partial charge < -0.3 is 9.47 Å². The maximum Gasteiger partial charge on any atom is 0.161 e. The molecule has 0 spiro atoms. The molecule has 0 N–H and O–H groups in total. The summed E-state index contributed by atoms with van der Waals surface area (Å²) in [4.78, 5) is 4.45. The van der Waals surface area contributed by atoms with Gasteiger partial charge in [-0.05, 0) is 37.1 Å². The average molecular weight is 418 g/mol. The van der Waals surface area contributed by atoms with Crippen molar-refractivity contribution < 1.29 is 9.47 Å². The third-order valence-corrected chi connectivity index (χ3v) is 4.84. The van der Waals surface area contributed by atoms with Gasteiger partial charge >= 0.3 is 0 Å². The van der Waals surface area contributed by atoms with E-state index >= 15 is 0 Å². The zero-order chi connectivity index (χ0) is 22.1. The lowest BCUT2D eigenvalue weighted by Gasteiger charge is -2.25. The molecule has 1 aliphatic heterocycles. The van der Waals surface area contributed by atoms with Gasteiger partial charge in [-0.1, -0.05) is 79.7 Å². The van der Waals surface area contributed by atoms with Crippen molar-refractivity contribution in [1.82, 2.24) is 4.98 Å². The number of para-hydroxylation sites is 3. The lowest BCUT2D eigenvalue weighted by atomic mass is 10.2. The summed E-state index contributed by atoms with van der Waals surface area (Å²) in [6.07, 6.45) is 2.26. The second-order valence-electron chi connectivity index (χ2n) is 5.33. The Hall–Kier alpha value is -2.07. The summed E-state index contributed by atoms with van der Waals surface area (Å²) >= 11 is 1.79. The van der Waals surface area contributed by atoms with Crippen LogP contribution in [0.25, 0.3) is 10.2 Å². The Morgan fingerprint density at radius 1 is 0.862 bits per heavy atom. The molecule has 3 nitrogen and oxygen atoms in total. The van der Waals surface area contributed by atoms with Gasteiger partial charge in [0.25, 0.3) is 0 Å². The minimum Gasteiger partial charge on any atom is -0.486 e. The molecule has 4 heteroatoms.